The summed E-state index contributed by atoms with van der Waals surface area (Å²) >= 11 is 0. The Morgan fingerprint density at radius 1 is 1.26 bits per heavy atom. The summed E-state index contributed by atoms with van der Waals surface area (Å²) in [4.78, 5) is 4.92. The molecule has 0 aromatic carbocycles. The first kappa shape index (κ1) is 16.2. The first-order valence-electron chi connectivity index (χ1n) is 6.34. The summed E-state index contributed by atoms with van der Waals surface area (Å²) in [5.74, 6) is 0. The lowest BCUT2D eigenvalue weighted by Gasteiger charge is -2.22. The van der Waals surface area contributed by atoms with Gasteiger partial charge in [-0.1, -0.05) is 6.92 Å². The molecule has 0 aliphatic carbocycles. The van der Waals surface area contributed by atoms with E-state index in [1.807, 2.05) is 25.9 Å². The van der Waals surface area contributed by atoms with Crippen molar-refractivity contribution in [1.29, 1.82) is 0 Å². The average molecular weight is 289 g/mol. The smallest absolute Gasteiger partial charge is 0.244 e. The summed E-state index contributed by atoms with van der Waals surface area (Å²) in [6.07, 6.45) is 2.20. The molecule has 1 rings (SSSR count). The molecule has 0 saturated carbocycles. The molecule has 2 N–H and O–H groups in total. The Morgan fingerprint density at radius 2 is 1.95 bits per heavy atom. The van der Waals surface area contributed by atoms with E-state index in [4.69, 9.17) is 5.11 Å². The number of aromatic nitrogens is 1. The fourth-order valence-corrected chi connectivity index (χ4v) is 3.26. The van der Waals surface area contributed by atoms with Crippen LogP contribution in [0.2, 0.25) is 0 Å². The van der Waals surface area contributed by atoms with Crippen molar-refractivity contribution in [2.75, 3.05) is 33.7 Å². The Labute approximate surface area is 115 Å². The largest absolute Gasteiger partial charge is 0.390 e. The van der Waals surface area contributed by atoms with Crippen molar-refractivity contribution in [2.24, 2.45) is 0 Å². The number of aromatic amines is 1. The van der Waals surface area contributed by atoms with Crippen LogP contribution in [-0.2, 0) is 16.6 Å². The molecule has 0 fully saturated rings. The van der Waals surface area contributed by atoms with Gasteiger partial charge in [0.25, 0.3) is 0 Å². The lowest BCUT2D eigenvalue weighted by molar-refractivity contribution is 0.277. The minimum Gasteiger partial charge on any atom is -0.390 e. The van der Waals surface area contributed by atoms with Gasteiger partial charge in [0.05, 0.1) is 11.5 Å². The normalized spacial score (nSPS) is 12.5. The van der Waals surface area contributed by atoms with Crippen LogP contribution in [0.4, 0.5) is 0 Å². The maximum absolute atomic E-state index is 12.5. The second kappa shape index (κ2) is 7.04. The molecule has 1 aromatic rings. The minimum atomic E-state index is -3.48. The molecule has 7 heteroatoms. The number of rotatable bonds is 8. The third kappa shape index (κ3) is 4.31. The molecular formula is C12H23N3O3S. The summed E-state index contributed by atoms with van der Waals surface area (Å²) in [6, 6.07) is 1.48. The van der Waals surface area contributed by atoms with E-state index in [1.54, 1.807) is 0 Å². The zero-order valence-electron chi connectivity index (χ0n) is 11.8. The highest BCUT2D eigenvalue weighted by Crippen LogP contribution is 2.17. The predicted molar refractivity (Wildman–Crippen MR) is 74.3 cm³/mol. The molecule has 0 bridgehead atoms. The molecule has 1 aromatic heterocycles. The van der Waals surface area contributed by atoms with Crippen LogP contribution in [-0.4, -0.2) is 61.4 Å². The number of hydrogen-bond donors (Lipinski definition) is 2. The summed E-state index contributed by atoms with van der Waals surface area (Å²) in [5.41, 5.74) is 0.502. The Hall–Kier alpha value is -0.890. The Balaban J connectivity index is 2.91. The van der Waals surface area contributed by atoms with Gasteiger partial charge in [0.1, 0.15) is 0 Å². The van der Waals surface area contributed by atoms with E-state index in [9.17, 15) is 8.42 Å². The first-order chi connectivity index (χ1) is 8.91. The molecule has 0 aliphatic heterocycles. The summed E-state index contributed by atoms with van der Waals surface area (Å²) < 4.78 is 26.4. The van der Waals surface area contributed by atoms with Gasteiger partial charge in [-0.2, -0.15) is 4.31 Å². The number of aliphatic hydroxyl groups excluding tert-OH is 1. The van der Waals surface area contributed by atoms with Crippen LogP contribution >= 0.6 is 0 Å². The van der Waals surface area contributed by atoms with Crippen LogP contribution in [0, 0.1) is 0 Å². The molecule has 110 valence electrons. The van der Waals surface area contributed by atoms with Gasteiger partial charge < -0.3 is 15.0 Å². The van der Waals surface area contributed by atoms with Crippen LogP contribution in [0.15, 0.2) is 17.2 Å². The van der Waals surface area contributed by atoms with Gasteiger partial charge in [0, 0.05) is 31.5 Å². The molecule has 0 saturated heterocycles. The minimum absolute atomic E-state index is 0.193. The van der Waals surface area contributed by atoms with Crippen molar-refractivity contribution in [1.82, 2.24) is 14.2 Å². The van der Waals surface area contributed by atoms with E-state index >= 15 is 0 Å². The maximum atomic E-state index is 12.5. The SMILES string of the molecule is CCCN(CCN(C)C)S(=O)(=O)c1c[nH]c(CO)c1. The molecule has 0 radical (unpaired) electrons. The van der Waals surface area contributed by atoms with E-state index in [0.29, 0.717) is 25.3 Å². The number of aliphatic hydroxyl groups is 1. The predicted octanol–water partition coefficient (Wildman–Crippen LogP) is 0.469. The van der Waals surface area contributed by atoms with E-state index in [1.165, 1.54) is 16.6 Å². The average Bonchev–Trinajstić information content (AvgIpc) is 2.83. The van der Waals surface area contributed by atoms with E-state index in [-0.39, 0.29) is 11.5 Å². The highest BCUT2D eigenvalue weighted by Gasteiger charge is 2.24. The number of nitrogens with one attached hydrogen (secondary N) is 1. The van der Waals surface area contributed by atoms with Gasteiger partial charge >= 0.3 is 0 Å². The van der Waals surface area contributed by atoms with Crippen molar-refractivity contribution < 1.29 is 13.5 Å². The summed E-state index contributed by atoms with van der Waals surface area (Å²) in [7, 11) is 0.343. The second-order valence-corrected chi connectivity index (χ2v) is 6.66. The Kier molecular flexibility index (Phi) is 5.99. The van der Waals surface area contributed by atoms with Crippen LogP contribution in [0.5, 0.6) is 0 Å². The molecular weight excluding hydrogens is 266 g/mol. The van der Waals surface area contributed by atoms with Crippen LogP contribution < -0.4 is 0 Å². The lowest BCUT2D eigenvalue weighted by Crippen LogP contribution is -2.37. The topological polar surface area (TPSA) is 76.6 Å². The number of likely N-dealkylation sites (N-methyl/N-ethyl adjacent to an activating group) is 1. The van der Waals surface area contributed by atoms with Crippen molar-refractivity contribution in [3.8, 4) is 0 Å². The second-order valence-electron chi connectivity index (χ2n) is 4.73. The van der Waals surface area contributed by atoms with E-state index in [2.05, 4.69) is 4.98 Å². The standard InChI is InChI=1S/C12H23N3O3S/c1-4-5-15(7-6-14(2)3)19(17,18)12-8-11(10-16)13-9-12/h8-9,13,16H,4-7,10H2,1-3H3. The third-order valence-electron chi connectivity index (χ3n) is 2.79. The highest BCUT2D eigenvalue weighted by molar-refractivity contribution is 7.89. The summed E-state index contributed by atoms with van der Waals surface area (Å²) in [6.45, 7) is 3.39. The molecule has 0 atom stereocenters. The first-order valence-corrected chi connectivity index (χ1v) is 7.78. The number of sulfonamides is 1. The van der Waals surface area contributed by atoms with Crippen LogP contribution in [0.25, 0.3) is 0 Å². The van der Waals surface area contributed by atoms with Crippen molar-refractivity contribution >= 4 is 10.0 Å². The van der Waals surface area contributed by atoms with Crippen molar-refractivity contribution in [3.05, 3.63) is 18.0 Å². The number of hydrogen-bond acceptors (Lipinski definition) is 4. The molecule has 6 nitrogen and oxygen atoms in total. The van der Waals surface area contributed by atoms with Gasteiger partial charge in [-0.05, 0) is 26.6 Å². The molecule has 0 amide bonds. The monoisotopic (exact) mass is 289 g/mol. The number of H-pyrrole nitrogens is 1. The van der Waals surface area contributed by atoms with Crippen LogP contribution in [0.3, 0.4) is 0 Å². The van der Waals surface area contributed by atoms with Gasteiger partial charge in [-0.3, -0.25) is 0 Å². The number of nitrogens with zero attached hydrogens (tertiary/aromatic N) is 2. The van der Waals surface area contributed by atoms with Gasteiger partial charge in [0.2, 0.25) is 10.0 Å². The maximum Gasteiger partial charge on any atom is 0.244 e. The van der Waals surface area contributed by atoms with Gasteiger partial charge in [-0.15, -0.1) is 0 Å². The molecule has 0 aliphatic rings. The third-order valence-corrected chi connectivity index (χ3v) is 4.67. The van der Waals surface area contributed by atoms with Crippen molar-refractivity contribution in [3.63, 3.8) is 0 Å². The molecule has 0 unspecified atom stereocenters. The van der Waals surface area contributed by atoms with Crippen LogP contribution in [0.1, 0.15) is 19.0 Å². The molecule has 1 heterocycles. The fourth-order valence-electron chi connectivity index (χ4n) is 1.72. The molecule has 19 heavy (non-hydrogen) atoms. The zero-order chi connectivity index (χ0) is 14.5. The highest BCUT2D eigenvalue weighted by atomic mass is 32.2. The Morgan fingerprint density at radius 3 is 2.42 bits per heavy atom. The van der Waals surface area contributed by atoms with Crippen molar-refractivity contribution in [2.45, 2.75) is 24.8 Å². The van der Waals surface area contributed by atoms with Gasteiger partial charge in [0.15, 0.2) is 0 Å². The lowest BCUT2D eigenvalue weighted by atomic mass is 10.4. The molecule has 0 spiro atoms. The van der Waals surface area contributed by atoms with E-state index < -0.39 is 10.0 Å². The summed E-state index contributed by atoms with van der Waals surface area (Å²) in [5, 5.41) is 8.99. The van der Waals surface area contributed by atoms with E-state index in [0.717, 1.165) is 6.42 Å². The fraction of sp³-hybridized carbons (Fsp3) is 0.667. The van der Waals surface area contributed by atoms with Gasteiger partial charge in [-0.25, -0.2) is 8.42 Å². The quantitative estimate of drug-likeness (QED) is 0.729. The Bertz CT molecular complexity index is 482. The zero-order valence-corrected chi connectivity index (χ0v) is 12.6.